The quantitative estimate of drug-likeness (QED) is 0.787. The van der Waals surface area contributed by atoms with Crippen molar-refractivity contribution in [1.82, 2.24) is 10.3 Å². The van der Waals surface area contributed by atoms with Crippen LogP contribution in [-0.2, 0) is 11.3 Å². The van der Waals surface area contributed by atoms with E-state index < -0.39 is 0 Å². The van der Waals surface area contributed by atoms with Crippen LogP contribution in [0.4, 0.5) is 0 Å². The van der Waals surface area contributed by atoms with Gasteiger partial charge in [-0.1, -0.05) is 25.5 Å². The standard InChI is InChI=1S/C15H22N2O/c1-3-5-13(11-18-2)17-10-12-6-4-7-15-14(12)8-9-16-15/h4,6-9,13,16-17H,3,5,10-11H2,1-2H3. The fourth-order valence-corrected chi connectivity index (χ4v) is 2.35. The van der Waals surface area contributed by atoms with Gasteiger partial charge in [0.05, 0.1) is 6.61 Å². The Morgan fingerprint density at radius 2 is 2.22 bits per heavy atom. The van der Waals surface area contributed by atoms with Gasteiger partial charge < -0.3 is 15.0 Å². The molecule has 0 amide bonds. The highest BCUT2D eigenvalue weighted by Gasteiger charge is 2.08. The van der Waals surface area contributed by atoms with E-state index in [1.165, 1.54) is 22.9 Å². The smallest absolute Gasteiger partial charge is 0.0615 e. The van der Waals surface area contributed by atoms with Gasteiger partial charge in [-0.25, -0.2) is 0 Å². The van der Waals surface area contributed by atoms with Crippen molar-refractivity contribution < 1.29 is 4.74 Å². The predicted molar refractivity (Wildman–Crippen MR) is 75.7 cm³/mol. The van der Waals surface area contributed by atoms with Crippen LogP contribution in [0.2, 0.25) is 0 Å². The van der Waals surface area contributed by atoms with Crippen molar-refractivity contribution >= 4 is 10.9 Å². The van der Waals surface area contributed by atoms with Gasteiger partial charge in [0.25, 0.3) is 0 Å². The molecular weight excluding hydrogens is 224 g/mol. The van der Waals surface area contributed by atoms with Gasteiger partial charge >= 0.3 is 0 Å². The first-order chi connectivity index (χ1) is 8.85. The summed E-state index contributed by atoms with van der Waals surface area (Å²) in [4.78, 5) is 3.25. The number of rotatable bonds is 7. The molecule has 1 aromatic carbocycles. The molecule has 0 aliphatic heterocycles. The summed E-state index contributed by atoms with van der Waals surface area (Å²) in [6, 6.07) is 8.96. The number of benzene rings is 1. The lowest BCUT2D eigenvalue weighted by Crippen LogP contribution is -2.32. The molecule has 1 atom stereocenters. The van der Waals surface area contributed by atoms with Crippen molar-refractivity contribution in [2.75, 3.05) is 13.7 Å². The Morgan fingerprint density at radius 3 is 3.00 bits per heavy atom. The minimum absolute atomic E-state index is 0.439. The third-order valence-electron chi connectivity index (χ3n) is 3.27. The largest absolute Gasteiger partial charge is 0.383 e. The van der Waals surface area contributed by atoms with Gasteiger partial charge in [-0.05, 0) is 24.1 Å². The number of ether oxygens (including phenoxy) is 1. The van der Waals surface area contributed by atoms with Crippen LogP contribution in [-0.4, -0.2) is 24.7 Å². The van der Waals surface area contributed by atoms with E-state index in [0.717, 1.165) is 19.6 Å². The molecule has 2 aromatic rings. The lowest BCUT2D eigenvalue weighted by atomic mass is 10.1. The Hall–Kier alpha value is -1.32. The molecule has 2 N–H and O–H groups in total. The highest BCUT2D eigenvalue weighted by atomic mass is 16.5. The second-order valence-electron chi connectivity index (χ2n) is 4.68. The zero-order valence-electron chi connectivity index (χ0n) is 11.2. The lowest BCUT2D eigenvalue weighted by molar-refractivity contribution is 0.161. The topological polar surface area (TPSA) is 37.0 Å². The van der Waals surface area contributed by atoms with Crippen molar-refractivity contribution in [2.24, 2.45) is 0 Å². The van der Waals surface area contributed by atoms with E-state index in [0.29, 0.717) is 6.04 Å². The summed E-state index contributed by atoms with van der Waals surface area (Å²) in [5.74, 6) is 0. The average Bonchev–Trinajstić information content (AvgIpc) is 2.85. The molecule has 18 heavy (non-hydrogen) atoms. The molecule has 3 nitrogen and oxygen atoms in total. The molecule has 0 saturated heterocycles. The number of aromatic nitrogens is 1. The summed E-state index contributed by atoms with van der Waals surface area (Å²) in [6.07, 6.45) is 4.32. The van der Waals surface area contributed by atoms with Crippen LogP contribution in [0.5, 0.6) is 0 Å². The van der Waals surface area contributed by atoms with Gasteiger partial charge in [0.2, 0.25) is 0 Å². The molecule has 98 valence electrons. The Bertz CT molecular complexity index is 472. The summed E-state index contributed by atoms with van der Waals surface area (Å²) in [6.45, 7) is 3.87. The number of methoxy groups -OCH3 is 1. The molecule has 1 aromatic heterocycles. The highest BCUT2D eigenvalue weighted by molar-refractivity contribution is 5.82. The van der Waals surface area contributed by atoms with Gasteiger partial charge in [0, 0.05) is 36.8 Å². The summed E-state index contributed by atoms with van der Waals surface area (Å²) in [5, 5.41) is 4.88. The third-order valence-corrected chi connectivity index (χ3v) is 3.27. The minimum Gasteiger partial charge on any atom is -0.383 e. The van der Waals surface area contributed by atoms with Crippen molar-refractivity contribution in [3.8, 4) is 0 Å². The molecule has 0 aliphatic rings. The van der Waals surface area contributed by atoms with Crippen molar-refractivity contribution in [3.63, 3.8) is 0 Å². The van der Waals surface area contributed by atoms with Crippen molar-refractivity contribution in [2.45, 2.75) is 32.4 Å². The summed E-state index contributed by atoms with van der Waals surface area (Å²) >= 11 is 0. The van der Waals surface area contributed by atoms with Crippen LogP contribution in [0.1, 0.15) is 25.3 Å². The third kappa shape index (κ3) is 3.12. The van der Waals surface area contributed by atoms with E-state index in [1.807, 2.05) is 6.20 Å². The summed E-state index contributed by atoms with van der Waals surface area (Å²) in [5.41, 5.74) is 2.54. The molecule has 0 fully saturated rings. The molecular formula is C15H22N2O. The van der Waals surface area contributed by atoms with E-state index in [-0.39, 0.29) is 0 Å². The van der Waals surface area contributed by atoms with Gasteiger partial charge in [-0.2, -0.15) is 0 Å². The van der Waals surface area contributed by atoms with Crippen LogP contribution in [0.25, 0.3) is 10.9 Å². The van der Waals surface area contributed by atoms with E-state index in [1.54, 1.807) is 7.11 Å². The van der Waals surface area contributed by atoms with Crippen LogP contribution in [0.15, 0.2) is 30.5 Å². The molecule has 0 aliphatic carbocycles. The summed E-state index contributed by atoms with van der Waals surface area (Å²) < 4.78 is 5.25. The van der Waals surface area contributed by atoms with Crippen molar-refractivity contribution in [1.29, 1.82) is 0 Å². The maximum atomic E-state index is 5.25. The predicted octanol–water partition coefficient (Wildman–Crippen LogP) is 3.07. The number of hydrogen-bond donors (Lipinski definition) is 2. The zero-order chi connectivity index (χ0) is 12.8. The van der Waals surface area contributed by atoms with E-state index in [4.69, 9.17) is 4.74 Å². The summed E-state index contributed by atoms with van der Waals surface area (Å²) in [7, 11) is 1.76. The van der Waals surface area contributed by atoms with Crippen LogP contribution >= 0.6 is 0 Å². The van der Waals surface area contributed by atoms with Gasteiger partial charge in [-0.3, -0.25) is 0 Å². The zero-order valence-corrected chi connectivity index (χ0v) is 11.2. The molecule has 2 rings (SSSR count). The number of nitrogens with one attached hydrogen (secondary N) is 2. The van der Waals surface area contributed by atoms with Crippen LogP contribution in [0.3, 0.4) is 0 Å². The fourth-order valence-electron chi connectivity index (χ4n) is 2.35. The SMILES string of the molecule is CCCC(COC)NCc1cccc2[nH]ccc12. The lowest BCUT2D eigenvalue weighted by Gasteiger charge is -2.17. The first-order valence-corrected chi connectivity index (χ1v) is 6.62. The normalized spacial score (nSPS) is 13.0. The highest BCUT2D eigenvalue weighted by Crippen LogP contribution is 2.17. The maximum absolute atomic E-state index is 5.25. The fraction of sp³-hybridized carbons (Fsp3) is 0.467. The molecule has 1 unspecified atom stereocenters. The number of fused-ring (bicyclic) bond motifs is 1. The Kier molecular flexibility index (Phi) is 4.79. The van der Waals surface area contributed by atoms with E-state index in [2.05, 4.69) is 41.5 Å². The van der Waals surface area contributed by atoms with Crippen LogP contribution in [0, 0.1) is 0 Å². The first-order valence-electron chi connectivity index (χ1n) is 6.62. The van der Waals surface area contributed by atoms with Gasteiger partial charge in [-0.15, -0.1) is 0 Å². The monoisotopic (exact) mass is 246 g/mol. The minimum atomic E-state index is 0.439. The Labute approximate surface area is 109 Å². The molecule has 0 bridgehead atoms. The molecule has 0 radical (unpaired) electrons. The van der Waals surface area contributed by atoms with Gasteiger partial charge in [0.1, 0.15) is 0 Å². The number of hydrogen-bond acceptors (Lipinski definition) is 2. The molecule has 3 heteroatoms. The maximum Gasteiger partial charge on any atom is 0.0615 e. The van der Waals surface area contributed by atoms with E-state index in [9.17, 15) is 0 Å². The Balaban J connectivity index is 2.02. The van der Waals surface area contributed by atoms with Crippen LogP contribution < -0.4 is 5.32 Å². The van der Waals surface area contributed by atoms with E-state index >= 15 is 0 Å². The number of H-pyrrole nitrogens is 1. The second-order valence-corrected chi connectivity index (χ2v) is 4.68. The molecule has 0 saturated carbocycles. The second kappa shape index (κ2) is 6.57. The number of aromatic amines is 1. The first kappa shape index (κ1) is 13.1. The average molecular weight is 246 g/mol. The van der Waals surface area contributed by atoms with Gasteiger partial charge in [0.15, 0.2) is 0 Å². The van der Waals surface area contributed by atoms with Crippen molar-refractivity contribution in [3.05, 3.63) is 36.0 Å². The Morgan fingerprint density at radius 1 is 1.33 bits per heavy atom. The molecule has 1 heterocycles. The molecule has 0 spiro atoms.